The fourth-order valence-electron chi connectivity index (χ4n) is 3.94. The number of rotatable bonds is 5. The molecule has 0 aromatic heterocycles. The molecule has 8 heteroatoms. The zero-order valence-corrected chi connectivity index (χ0v) is 17.5. The van der Waals surface area contributed by atoms with E-state index in [-0.39, 0.29) is 16.4 Å². The first kappa shape index (κ1) is 20.6. The number of sulfonamides is 1. The van der Waals surface area contributed by atoms with E-state index in [1.165, 1.54) is 16.4 Å². The Labute approximate surface area is 176 Å². The van der Waals surface area contributed by atoms with Crippen LogP contribution in [-0.4, -0.2) is 55.6 Å². The number of nitrogens with zero attached hydrogens (tertiary/aromatic N) is 2. The first-order valence-electron chi connectivity index (χ1n) is 10.3. The fraction of sp³-hybridized carbons (Fsp3) is 0.364. The molecule has 0 unspecified atom stereocenters. The van der Waals surface area contributed by atoms with E-state index in [9.17, 15) is 18.0 Å². The third-order valence-electron chi connectivity index (χ3n) is 5.60. The molecule has 30 heavy (non-hydrogen) atoms. The van der Waals surface area contributed by atoms with Crippen LogP contribution < -0.4 is 5.32 Å². The van der Waals surface area contributed by atoms with Gasteiger partial charge >= 0.3 is 0 Å². The van der Waals surface area contributed by atoms with Crippen molar-refractivity contribution in [1.29, 1.82) is 0 Å². The van der Waals surface area contributed by atoms with Gasteiger partial charge in [0.2, 0.25) is 10.0 Å². The molecule has 4 rings (SSSR count). The molecule has 0 bridgehead atoms. The molecule has 2 heterocycles. The van der Waals surface area contributed by atoms with Crippen LogP contribution in [0.3, 0.4) is 0 Å². The molecule has 2 saturated heterocycles. The molecule has 1 N–H and O–H groups in total. The average Bonchev–Trinajstić information content (AvgIpc) is 3.48. The van der Waals surface area contributed by atoms with Gasteiger partial charge in [-0.2, -0.15) is 4.31 Å². The summed E-state index contributed by atoms with van der Waals surface area (Å²) in [6, 6.07) is 13.0. The van der Waals surface area contributed by atoms with Crippen LogP contribution in [0.4, 0.5) is 5.69 Å². The van der Waals surface area contributed by atoms with Crippen LogP contribution in [0.25, 0.3) is 0 Å². The number of hydrogen-bond donors (Lipinski definition) is 1. The first-order valence-corrected chi connectivity index (χ1v) is 11.7. The SMILES string of the molecule is O=C(Nc1ccccc1C(=O)N1CCCC1)c1cccc(S(=O)(=O)N2CCCC2)c1. The van der Waals surface area contributed by atoms with Gasteiger partial charge in [-0.05, 0) is 56.0 Å². The Morgan fingerprint density at radius 1 is 0.833 bits per heavy atom. The van der Waals surface area contributed by atoms with E-state index in [0.717, 1.165) is 38.8 Å². The molecule has 0 spiro atoms. The lowest BCUT2D eigenvalue weighted by Gasteiger charge is -2.18. The maximum Gasteiger partial charge on any atom is 0.255 e. The summed E-state index contributed by atoms with van der Waals surface area (Å²) >= 11 is 0. The van der Waals surface area contributed by atoms with Crippen molar-refractivity contribution in [3.8, 4) is 0 Å². The standard InChI is InChI=1S/C22H25N3O4S/c26-21(17-8-7-9-18(16-17)30(28,29)25-14-5-6-15-25)23-20-11-2-1-10-19(20)22(27)24-12-3-4-13-24/h1-2,7-11,16H,3-6,12-15H2,(H,23,26). The molecule has 158 valence electrons. The summed E-state index contributed by atoms with van der Waals surface area (Å²) in [5.41, 5.74) is 1.10. The largest absolute Gasteiger partial charge is 0.339 e. The Bertz CT molecular complexity index is 1060. The Morgan fingerprint density at radius 2 is 1.50 bits per heavy atom. The monoisotopic (exact) mass is 427 g/mol. The Kier molecular flexibility index (Phi) is 5.87. The molecule has 2 fully saturated rings. The number of nitrogens with one attached hydrogen (secondary N) is 1. The minimum atomic E-state index is -3.61. The third-order valence-corrected chi connectivity index (χ3v) is 7.49. The fourth-order valence-corrected chi connectivity index (χ4v) is 5.50. The molecule has 2 aliphatic rings. The summed E-state index contributed by atoms with van der Waals surface area (Å²) in [4.78, 5) is 27.6. The smallest absolute Gasteiger partial charge is 0.255 e. The van der Waals surface area contributed by atoms with Gasteiger partial charge in [-0.1, -0.05) is 18.2 Å². The van der Waals surface area contributed by atoms with Gasteiger partial charge in [0.1, 0.15) is 0 Å². The van der Waals surface area contributed by atoms with Crippen LogP contribution in [0, 0.1) is 0 Å². The average molecular weight is 428 g/mol. The van der Waals surface area contributed by atoms with E-state index in [2.05, 4.69) is 5.32 Å². The topological polar surface area (TPSA) is 86.8 Å². The van der Waals surface area contributed by atoms with E-state index in [0.29, 0.717) is 24.3 Å². The van der Waals surface area contributed by atoms with Crippen molar-refractivity contribution in [2.24, 2.45) is 0 Å². The van der Waals surface area contributed by atoms with Gasteiger partial charge in [0.15, 0.2) is 0 Å². The van der Waals surface area contributed by atoms with Crippen LogP contribution in [0.2, 0.25) is 0 Å². The number of carbonyl (C=O) groups is 2. The van der Waals surface area contributed by atoms with Crippen LogP contribution in [0.5, 0.6) is 0 Å². The van der Waals surface area contributed by atoms with E-state index in [1.54, 1.807) is 41.3 Å². The molecule has 7 nitrogen and oxygen atoms in total. The highest BCUT2D eigenvalue weighted by molar-refractivity contribution is 7.89. The van der Waals surface area contributed by atoms with Crippen LogP contribution in [-0.2, 0) is 10.0 Å². The van der Waals surface area contributed by atoms with Gasteiger partial charge in [0, 0.05) is 31.7 Å². The quantitative estimate of drug-likeness (QED) is 0.795. The molecule has 0 aliphatic carbocycles. The molecular formula is C22H25N3O4S. The van der Waals surface area contributed by atoms with Crippen molar-refractivity contribution in [3.05, 3.63) is 59.7 Å². The highest BCUT2D eigenvalue weighted by Gasteiger charge is 2.28. The lowest BCUT2D eigenvalue weighted by molar-refractivity contribution is 0.0794. The van der Waals surface area contributed by atoms with E-state index < -0.39 is 15.9 Å². The minimum Gasteiger partial charge on any atom is -0.339 e. The van der Waals surface area contributed by atoms with Crippen molar-refractivity contribution in [2.75, 3.05) is 31.5 Å². The maximum absolute atomic E-state index is 12.9. The van der Waals surface area contributed by atoms with Gasteiger partial charge < -0.3 is 10.2 Å². The molecule has 0 radical (unpaired) electrons. The maximum atomic E-state index is 12.9. The van der Waals surface area contributed by atoms with Crippen LogP contribution >= 0.6 is 0 Å². The van der Waals surface area contributed by atoms with E-state index in [4.69, 9.17) is 0 Å². The van der Waals surface area contributed by atoms with Gasteiger partial charge in [0.25, 0.3) is 11.8 Å². The van der Waals surface area contributed by atoms with Crippen molar-refractivity contribution in [3.63, 3.8) is 0 Å². The Balaban J connectivity index is 1.56. The van der Waals surface area contributed by atoms with Crippen molar-refractivity contribution < 1.29 is 18.0 Å². The van der Waals surface area contributed by atoms with Crippen molar-refractivity contribution in [2.45, 2.75) is 30.6 Å². The molecule has 2 aromatic carbocycles. The summed E-state index contributed by atoms with van der Waals surface area (Å²) in [5.74, 6) is -0.552. The van der Waals surface area contributed by atoms with E-state index in [1.807, 2.05) is 0 Å². The Hall–Kier alpha value is -2.71. The second-order valence-corrected chi connectivity index (χ2v) is 9.58. The van der Waals surface area contributed by atoms with Gasteiger partial charge in [-0.25, -0.2) is 8.42 Å². The molecular weight excluding hydrogens is 402 g/mol. The summed E-state index contributed by atoms with van der Waals surface area (Å²) in [7, 11) is -3.61. The van der Waals surface area contributed by atoms with Crippen molar-refractivity contribution in [1.82, 2.24) is 9.21 Å². The zero-order chi connectivity index (χ0) is 21.1. The number of anilines is 1. The molecule has 2 aromatic rings. The highest BCUT2D eigenvalue weighted by atomic mass is 32.2. The first-order chi connectivity index (χ1) is 14.5. The Morgan fingerprint density at radius 3 is 2.23 bits per heavy atom. The summed E-state index contributed by atoms with van der Waals surface area (Å²) in [6.07, 6.45) is 3.67. The summed E-state index contributed by atoms with van der Waals surface area (Å²) in [5, 5.41) is 2.78. The molecule has 0 saturated carbocycles. The second-order valence-electron chi connectivity index (χ2n) is 7.64. The van der Waals surface area contributed by atoms with Gasteiger partial charge in [-0.3, -0.25) is 9.59 Å². The van der Waals surface area contributed by atoms with Gasteiger partial charge in [-0.15, -0.1) is 0 Å². The predicted octanol–water partition coefficient (Wildman–Crippen LogP) is 2.96. The van der Waals surface area contributed by atoms with Crippen molar-refractivity contribution >= 4 is 27.5 Å². The number of likely N-dealkylation sites (tertiary alicyclic amines) is 1. The second kappa shape index (κ2) is 8.57. The number of para-hydroxylation sites is 1. The third kappa shape index (κ3) is 4.11. The molecule has 0 atom stereocenters. The lowest BCUT2D eigenvalue weighted by Crippen LogP contribution is -2.29. The van der Waals surface area contributed by atoms with Crippen LogP contribution in [0.15, 0.2) is 53.4 Å². The highest BCUT2D eigenvalue weighted by Crippen LogP contribution is 2.23. The predicted molar refractivity (Wildman–Crippen MR) is 114 cm³/mol. The van der Waals surface area contributed by atoms with Crippen LogP contribution in [0.1, 0.15) is 46.4 Å². The lowest BCUT2D eigenvalue weighted by atomic mass is 10.1. The number of hydrogen-bond acceptors (Lipinski definition) is 4. The van der Waals surface area contributed by atoms with E-state index >= 15 is 0 Å². The number of amides is 2. The molecule has 2 aliphatic heterocycles. The summed E-state index contributed by atoms with van der Waals surface area (Å²) in [6.45, 7) is 2.45. The zero-order valence-electron chi connectivity index (χ0n) is 16.7. The minimum absolute atomic E-state index is 0.103. The number of carbonyl (C=O) groups excluding carboxylic acids is 2. The number of benzene rings is 2. The molecule has 2 amide bonds. The summed E-state index contributed by atoms with van der Waals surface area (Å²) < 4.78 is 27.1. The van der Waals surface area contributed by atoms with Gasteiger partial charge in [0.05, 0.1) is 16.1 Å². The normalized spacial score (nSPS) is 17.3.